The zero-order valence-electron chi connectivity index (χ0n) is 36.7. The first kappa shape index (κ1) is 50.8. The Labute approximate surface area is 404 Å². The normalized spacial score (nSPS) is 12.7. The van der Waals surface area contributed by atoms with Crippen molar-refractivity contribution < 1.29 is 51.9 Å². The first-order valence-corrected chi connectivity index (χ1v) is 25.7. The minimum atomic E-state index is -4.81. The molecule has 0 aliphatic carbocycles. The lowest BCUT2D eigenvalue weighted by atomic mass is 10.2. The molecule has 0 atom stereocenters. The van der Waals surface area contributed by atoms with Gasteiger partial charge in [-0.2, -0.15) is 79.3 Å². The molecular formula is C42H35N13O12S4. The molecule has 7 rings (SSSR count). The molecule has 0 radical (unpaired) electrons. The fourth-order valence-corrected chi connectivity index (χ4v) is 8.31. The molecule has 0 saturated carbocycles. The topological polar surface area (TPSA) is 379 Å². The van der Waals surface area contributed by atoms with Crippen LogP contribution >= 0.6 is 0 Å². The van der Waals surface area contributed by atoms with Gasteiger partial charge in [0.2, 0.25) is 11.9 Å². The van der Waals surface area contributed by atoms with Crippen molar-refractivity contribution in [2.45, 2.75) is 40.4 Å². The second-order valence-corrected chi connectivity index (χ2v) is 20.4. The maximum Gasteiger partial charge on any atom is 0.296 e. The predicted octanol–water partition coefficient (Wildman–Crippen LogP) is 10.9. The molecule has 0 bridgehead atoms. The van der Waals surface area contributed by atoms with Crippen molar-refractivity contribution in [1.29, 1.82) is 0 Å². The number of rotatable bonds is 16. The molecule has 0 saturated heterocycles. The van der Waals surface area contributed by atoms with Crippen molar-refractivity contribution in [3.8, 4) is 0 Å². The summed E-state index contributed by atoms with van der Waals surface area (Å²) in [7, 11) is -18.5. The van der Waals surface area contributed by atoms with Gasteiger partial charge in [0.1, 0.15) is 27.0 Å². The minimum Gasteiger partial charge on any atom is -0.324 e. The highest BCUT2D eigenvalue weighted by atomic mass is 32.2. The average Bonchev–Trinajstić information content (AvgIpc) is 3.29. The van der Waals surface area contributed by atoms with Crippen LogP contribution in [0.4, 0.5) is 68.8 Å². The fourth-order valence-electron chi connectivity index (χ4n) is 6.07. The van der Waals surface area contributed by atoms with Crippen LogP contribution in [0.2, 0.25) is 0 Å². The second kappa shape index (κ2) is 20.5. The van der Waals surface area contributed by atoms with Crippen LogP contribution in [0, 0.1) is 20.8 Å². The molecule has 0 fully saturated rings. The number of hydrogen-bond donors (Lipinski definition) is 6. The van der Waals surface area contributed by atoms with Gasteiger partial charge in [-0.25, -0.2) is 0 Å². The Bertz CT molecular complexity index is 3560. The standard InChI is InChI=1S/C42H35N13O12S4/c1-24-20-29(8-16-35(24)52-54-37-18-10-31(22-39(37)70(62,63)64)50-48-27-4-12-33(13-5-27)68(56,57)58)45-41-43-26(3)44-42(47-41)46-30-9-17-36(25(2)21-30)53-55-38-19-11-32(23-40(38)71(65,66)67)51-49-28-6-14-34(15-7-28)69(59,60)61/h4-23H,1-3H3,(H,56,57,58)(H,59,60,61)(H,62,63,64)(H,65,66,67)(H2,43,44,45,46,47). The molecule has 0 unspecified atom stereocenters. The summed E-state index contributed by atoms with van der Waals surface area (Å²) in [4.78, 5) is 11.3. The van der Waals surface area contributed by atoms with E-state index in [1.807, 2.05) is 0 Å². The number of benzene rings is 6. The van der Waals surface area contributed by atoms with Gasteiger partial charge in [0.05, 0.1) is 43.9 Å². The number of aromatic nitrogens is 3. The summed E-state index contributed by atoms with van der Waals surface area (Å²) in [5, 5.41) is 38.4. The van der Waals surface area contributed by atoms with E-state index in [2.05, 4.69) is 66.5 Å². The minimum absolute atomic E-state index is 0.0145. The molecule has 7 aromatic rings. The lowest BCUT2D eigenvalue weighted by molar-refractivity contribution is 0.481. The van der Waals surface area contributed by atoms with Crippen molar-refractivity contribution in [2.75, 3.05) is 10.6 Å². The molecule has 29 heteroatoms. The van der Waals surface area contributed by atoms with Gasteiger partial charge < -0.3 is 10.6 Å². The summed E-state index contributed by atoms with van der Waals surface area (Å²) < 4.78 is 132. The van der Waals surface area contributed by atoms with Gasteiger partial charge in [0.15, 0.2) is 0 Å². The highest BCUT2D eigenvalue weighted by molar-refractivity contribution is 7.86. The number of nitrogens with zero attached hydrogens (tertiary/aromatic N) is 11. The van der Waals surface area contributed by atoms with Gasteiger partial charge in [-0.1, -0.05) is 0 Å². The van der Waals surface area contributed by atoms with Crippen molar-refractivity contribution in [1.82, 2.24) is 15.0 Å². The first-order chi connectivity index (χ1) is 33.4. The number of nitrogens with one attached hydrogen (secondary N) is 2. The Morgan fingerprint density at radius 1 is 0.366 bits per heavy atom. The van der Waals surface area contributed by atoms with Crippen LogP contribution < -0.4 is 10.6 Å². The Hall–Kier alpha value is -8.03. The van der Waals surface area contributed by atoms with Gasteiger partial charge in [-0.15, -0.1) is 10.2 Å². The zero-order valence-corrected chi connectivity index (χ0v) is 39.9. The van der Waals surface area contributed by atoms with Gasteiger partial charge >= 0.3 is 0 Å². The number of azo groups is 4. The van der Waals surface area contributed by atoms with E-state index in [4.69, 9.17) is 9.11 Å². The molecule has 0 amide bonds. The number of anilines is 4. The van der Waals surface area contributed by atoms with Gasteiger partial charge in [0, 0.05) is 11.4 Å². The van der Waals surface area contributed by atoms with Crippen molar-refractivity contribution in [2.24, 2.45) is 40.9 Å². The molecule has 6 N–H and O–H groups in total. The van der Waals surface area contributed by atoms with Gasteiger partial charge in [-0.05, 0) is 153 Å². The maximum absolute atomic E-state index is 12.3. The summed E-state index contributed by atoms with van der Waals surface area (Å²) in [6, 6.07) is 26.8. The van der Waals surface area contributed by atoms with Crippen molar-refractivity contribution >= 4 is 109 Å². The van der Waals surface area contributed by atoms with Crippen LogP contribution in [0.3, 0.4) is 0 Å². The van der Waals surface area contributed by atoms with E-state index >= 15 is 0 Å². The molecule has 0 aliphatic rings. The summed E-state index contributed by atoms with van der Waals surface area (Å²) in [6.45, 7) is 5.12. The predicted molar refractivity (Wildman–Crippen MR) is 255 cm³/mol. The van der Waals surface area contributed by atoms with Crippen LogP contribution in [0.1, 0.15) is 17.0 Å². The molecular weight excluding hydrogens is 1010 g/mol. The Morgan fingerprint density at radius 3 is 1.03 bits per heavy atom. The third-order valence-corrected chi connectivity index (χ3v) is 13.0. The van der Waals surface area contributed by atoms with E-state index < -0.39 is 50.3 Å². The highest BCUT2D eigenvalue weighted by Crippen LogP contribution is 2.35. The molecule has 25 nitrogen and oxygen atoms in total. The quantitative estimate of drug-likeness (QED) is 0.0387. The maximum atomic E-state index is 12.3. The summed E-state index contributed by atoms with van der Waals surface area (Å²) in [5.41, 5.74) is 3.02. The monoisotopic (exact) mass is 1040 g/mol. The molecule has 6 aromatic carbocycles. The Kier molecular flexibility index (Phi) is 14.7. The third kappa shape index (κ3) is 13.6. The average molecular weight is 1040 g/mol. The SMILES string of the molecule is Cc1nc(Nc2ccc(N=Nc3ccc(N=Nc4ccc(S(=O)(=O)O)cc4)cc3S(=O)(=O)O)c(C)c2)nc(Nc2ccc(N=Nc3ccc(N=Nc4ccc(S(=O)(=O)O)cc4)cc3S(=O)(=O)O)c(C)c2)n1. The summed E-state index contributed by atoms with van der Waals surface area (Å²) in [6.07, 6.45) is 0. The third-order valence-electron chi connectivity index (χ3n) is 9.46. The molecule has 1 aromatic heterocycles. The van der Waals surface area contributed by atoms with Crippen molar-refractivity contribution in [3.63, 3.8) is 0 Å². The van der Waals surface area contributed by atoms with Gasteiger partial charge in [-0.3, -0.25) is 18.2 Å². The van der Waals surface area contributed by atoms with E-state index in [-0.39, 0.29) is 55.8 Å². The lowest BCUT2D eigenvalue weighted by Crippen LogP contribution is -2.05. The van der Waals surface area contributed by atoms with Crippen LogP contribution in [-0.4, -0.2) is 66.8 Å². The van der Waals surface area contributed by atoms with E-state index in [9.17, 15) is 42.8 Å². The van der Waals surface area contributed by atoms with E-state index in [1.54, 1.807) is 57.2 Å². The highest BCUT2D eigenvalue weighted by Gasteiger charge is 2.19. The molecule has 0 aliphatic heterocycles. The Balaban J connectivity index is 1.01. The second-order valence-electron chi connectivity index (χ2n) is 14.8. The van der Waals surface area contributed by atoms with Crippen LogP contribution in [-0.2, 0) is 40.5 Å². The molecule has 71 heavy (non-hydrogen) atoms. The van der Waals surface area contributed by atoms with Gasteiger partial charge in [0.25, 0.3) is 40.5 Å². The number of hydrogen-bond acceptors (Lipinski definition) is 21. The largest absolute Gasteiger partial charge is 0.324 e. The Morgan fingerprint density at radius 2 is 0.690 bits per heavy atom. The van der Waals surface area contributed by atoms with E-state index in [0.29, 0.717) is 39.7 Å². The first-order valence-electron chi connectivity index (χ1n) is 19.9. The van der Waals surface area contributed by atoms with Crippen LogP contribution in [0.5, 0.6) is 0 Å². The number of aryl methyl sites for hydroxylation is 3. The van der Waals surface area contributed by atoms with Crippen molar-refractivity contribution in [3.05, 3.63) is 138 Å². The molecule has 0 spiro atoms. The van der Waals surface area contributed by atoms with E-state index in [0.717, 1.165) is 36.4 Å². The zero-order chi connectivity index (χ0) is 51.3. The fraction of sp³-hybridized carbons (Fsp3) is 0.0714. The lowest BCUT2D eigenvalue weighted by Gasteiger charge is -2.11. The van der Waals surface area contributed by atoms with Crippen LogP contribution in [0.15, 0.2) is 182 Å². The summed E-state index contributed by atoms with van der Waals surface area (Å²) >= 11 is 0. The molecule has 364 valence electrons. The van der Waals surface area contributed by atoms with Crippen LogP contribution in [0.25, 0.3) is 0 Å². The van der Waals surface area contributed by atoms with E-state index in [1.165, 1.54) is 48.5 Å². The smallest absolute Gasteiger partial charge is 0.296 e. The summed E-state index contributed by atoms with van der Waals surface area (Å²) in [5.74, 6) is 0.720. The molecule has 1 heterocycles.